The van der Waals surface area contributed by atoms with Crippen molar-refractivity contribution >= 4 is 29.3 Å². The number of ketones is 1. The van der Waals surface area contributed by atoms with E-state index >= 15 is 0 Å². The van der Waals surface area contributed by atoms with Gasteiger partial charge in [0.25, 0.3) is 5.91 Å². The van der Waals surface area contributed by atoms with Gasteiger partial charge in [0, 0.05) is 12.0 Å². The van der Waals surface area contributed by atoms with E-state index in [2.05, 4.69) is 4.74 Å². The summed E-state index contributed by atoms with van der Waals surface area (Å²) in [6, 6.07) is 4.43. The molecule has 0 fully saturated rings. The molecule has 1 heterocycles. The molecule has 0 unspecified atom stereocenters. The maximum Gasteiger partial charge on any atom is 0.325 e. The largest absolute Gasteiger partial charge is 0.482 e. The standard InChI is InChI=1S/C15H15NO7/c1-22-15(21)7-16-10-6-9(11(17)3-5-14(19)20)2-4-12(10)23-8-13(16)18/h2,4,6H,3,5,7-8H2,1H3,(H,19,20). The Hall–Kier alpha value is -2.90. The molecule has 1 aliphatic heterocycles. The van der Waals surface area contributed by atoms with Crippen molar-refractivity contribution < 1.29 is 33.8 Å². The molecule has 1 aromatic rings. The van der Waals surface area contributed by atoms with E-state index in [-0.39, 0.29) is 43.0 Å². The van der Waals surface area contributed by atoms with Crippen molar-refractivity contribution in [3.8, 4) is 5.75 Å². The first-order valence-electron chi connectivity index (χ1n) is 6.81. The van der Waals surface area contributed by atoms with Gasteiger partial charge in [-0.25, -0.2) is 0 Å². The minimum absolute atomic E-state index is 0.153. The summed E-state index contributed by atoms with van der Waals surface area (Å²) in [5.74, 6) is -2.11. The summed E-state index contributed by atoms with van der Waals surface area (Å²) in [5, 5.41) is 8.63. The fourth-order valence-corrected chi connectivity index (χ4v) is 2.11. The minimum atomic E-state index is -1.07. The van der Waals surface area contributed by atoms with Crippen LogP contribution >= 0.6 is 0 Å². The number of Topliss-reactive ketones (excluding diaryl/α,β-unsaturated/α-hetero) is 1. The van der Waals surface area contributed by atoms with Crippen LogP contribution in [0.15, 0.2) is 18.2 Å². The summed E-state index contributed by atoms with van der Waals surface area (Å²) in [5.41, 5.74) is 0.533. The van der Waals surface area contributed by atoms with Gasteiger partial charge in [-0.1, -0.05) is 0 Å². The molecule has 23 heavy (non-hydrogen) atoms. The minimum Gasteiger partial charge on any atom is -0.482 e. The van der Waals surface area contributed by atoms with Crippen molar-refractivity contribution in [3.63, 3.8) is 0 Å². The molecule has 0 aromatic heterocycles. The number of amides is 1. The average molecular weight is 321 g/mol. The third-order valence-corrected chi connectivity index (χ3v) is 3.30. The number of hydrogen-bond acceptors (Lipinski definition) is 6. The zero-order valence-electron chi connectivity index (χ0n) is 12.4. The quantitative estimate of drug-likeness (QED) is 0.604. The van der Waals surface area contributed by atoms with Crippen LogP contribution in [0.25, 0.3) is 0 Å². The molecule has 0 saturated carbocycles. The van der Waals surface area contributed by atoms with E-state index < -0.39 is 17.8 Å². The first kappa shape index (κ1) is 16.5. The second-order valence-electron chi connectivity index (χ2n) is 4.84. The average Bonchev–Trinajstić information content (AvgIpc) is 2.54. The van der Waals surface area contributed by atoms with Crippen molar-refractivity contribution in [2.45, 2.75) is 12.8 Å². The van der Waals surface area contributed by atoms with Crippen molar-refractivity contribution in [2.24, 2.45) is 0 Å². The number of carbonyl (C=O) groups is 4. The van der Waals surface area contributed by atoms with Gasteiger partial charge in [-0.2, -0.15) is 0 Å². The maximum atomic E-state index is 12.0. The van der Waals surface area contributed by atoms with Gasteiger partial charge in [0.1, 0.15) is 12.3 Å². The Bertz CT molecular complexity index is 668. The molecule has 0 atom stereocenters. The monoisotopic (exact) mass is 321 g/mol. The van der Waals surface area contributed by atoms with Gasteiger partial charge in [0.05, 0.1) is 19.2 Å². The van der Waals surface area contributed by atoms with Gasteiger partial charge < -0.3 is 14.6 Å². The summed E-state index contributed by atoms with van der Waals surface area (Å²) < 4.78 is 9.82. The molecular weight excluding hydrogens is 306 g/mol. The normalized spacial score (nSPS) is 13.1. The highest BCUT2D eigenvalue weighted by molar-refractivity contribution is 6.04. The fourth-order valence-electron chi connectivity index (χ4n) is 2.11. The Morgan fingerprint density at radius 1 is 1.30 bits per heavy atom. The lowest BCUT2D eigenvalue weighted by Gasteiger charge is -2.28. The van der Waals surface area contributed by atoms with Crippen molar-refractivity contribution in [3.05, 3.63) is 23.8 Å². The van der Waals surface area contributed by atoms with Gasteiger partial charge in [-0.05, 0) is 18.2 Å². The number of carboxylic acids is 1. The molecular formula is C15H15NO7. The van der Waals surface area contributed by atoms with Crippen LogP contribution in [-0.2, 0) is 19.1 Å². The van der Waals surface area contributed by atoms with Crippen molar-refractivity contribution in [1.29, 1.82) is 0 Å². The Morgan fingerprint density at radius 3 is 2.70 bits per heavy atom. The third-order valence-electron chi connectivity index (χ3n) is 3.30. The highest BCUT2D eigenvalue weighted by atomic mass is 16.5. The number of carboxylic acid groups (broad SMARTS) is 1. The van der Waals surface area contributed by atoms with Crippen LogP contribution in [0.4, 0.5) is 5.69 Å². The number of methoxy groups -OCH3 is 1. The van der Waals surface area contributed by atoms with Crippen LogP contribution in [0.5, 0.6) is 5.75 Å². The van der Waals surface area contributed by atoms with Crippen LogP contribution in [0.3, 0.4) is 0 Å². The third kappa shape index (κ3) is 3.85. The molecule has 2 rings (SSSR count). The summed E-state index contributed by atoms with van der Waals surface area (Å²) >= 11 is 0. The van der Waals surface area contributed by atoms with E-state index in [9.17, 15) is 19.2 Å². The number of nitrogens with zero attached hydrogens (tertiary/aromatic N) is 1. The molecule has 1 amide bonds. The van der Waals surface area contributed by atoms with Gasteiger partial charge in [0.2, 0.25) is 0 Å². The maximum absolute atomic E-state index is 12.0. The number of aliphatic carboxylic acids is 1. The Kier molecular flexibility index (Phi) is 4.95. The van der Waals surface area contributed by atoms with E-state index in [1.54, 1.807) is 0 Å². The van der Waals surface area contributed by atoms with Gasteiger partial charge in [-0.3, -0.25) is 24.1 Å². The molecule has 8 nitrogen and oxygen atoms in total. The van der Waals surface area contributed by atoms with E-state index in [1.165, 1.54) is 30.2 Å². The van der Waals surface area contributed by atoms with Crippen LogP contribution in [0.2, 0.25) is 0 Å². The number of benzene rings is 1. The second kappa shape index (κ2) is 6.91. The van der Waals surface area contributed by atoms with Crippen LogP contribution < -0.4 is 9.64 Å². The number of ether oxygens (including phenoxy) is 2. The summed E-state index contributed by atoms with van der Waals surface area (Å²) in [4.78, 5) is 47.1. The number of anilines is 1. The summed E-state index contributed by atoms with van der Waals surface area (Å²) in [7, 11) is 1.21. The molecule has 1 aromatic carbocycles. The van der Waals surface area contributed by atoms with Crippen LogP contribution in [0.1, 0.15) is 23.2 Å². The SMILES string of the molecule is COC(=O)CN1C(=O)COc2ccc(C(=O)CCC(=O)O)cc21. The van der Waals surface area contributed by atoms with Crippen molar-refractivity contribution in [2.75, 3.05) is 25.2 Å². The highest BCUT2D eigenvalue weighted by Crippen LogP contribution is 2.33. The first-order valence-corrected chi connectivity index (χ1v) is 6.81. The van der Waals surface area contributed by atoms with E-state index in [0.717, 1.165) is 0 Å². The molecule has 122 valence electrons. The topological polar surface area (TPSA) is 110 Å². The zero-order valence-corrected chi connectivity index (χ0v) is 12.4. The Balaban J connectivity index is 2.28. The lowest BCUT2D eigenvalue weighted by atomic mass is 10.0. The van der Waals surface area contributed by atoms with E-state index in [4.69, 9.17) is 9.84 Å². The molecule has 0 aliphatic carbocycles. The molecule has 0 radical (unpaired) electrons. The molecule has 0 saturated heterocycles. The van der Waals surface area contributed by atoms with Crippen molar-refractivity contribution in [1.82, 2.24) is 0 Å². The Labute approximate surface area is 131 Å². The van der Waals surface area contributed by atoms with Gasteiger partial charge in [0.15, 0.2) is 12.4 Å². The predicted octanol–water partition coefficient (Wildman–Crippen LogP) is 0.632. The molecule has 1 N–H and O–H groups in total. The lowest BCUT2D eigenvalue weighted by Crippen LogP contribution is -2.42. The van der Waals surface area contributed by atoms with Crippen LogP contribution in [0, 0.1) is 0 Å². The summed E-state index contributed by atoms with van der Waals surface area (Å²) in [6.45, 7) is -0.505. The number of esters is 1. The summed E-state index contributed by atoms with van der Waals surface area (Å²) in [6.07, 6.45) is -0.433. The highest BCUT2D eigenvalue weighted by Gasteiger charge is 2.28. The number of carbonyl (C=O) groups excluding carboxylic acids is 3. The fraction of sp³-hybridized carbons (Fsp3) is 0.333. The number of rotatable bonds is 6. The van der Waals surface area contributed by atoms with Gasteiger partial charge >= 0.3 is 11.9 Å². The Morgan fingerprint density at radius 2 is 2.04 bits per heavy atom. The lowest BCUT2D eigenvalue weighted by molar-refractivity contribution is -0.140. The first-order chi connectivity index (χ1) is 10.9. The molecule has 1 aliphatic rings. The van der Waals surface area contributed by atoms with Crippen LogP contribution in [-0.4, -0.2) is 49.0 Å². The predicted molar refractivity (Wildman–Crippen MR) is 77.5 cm³/mol. The molecule has 0 bridgehead atoms. The number of hydrogen-bond donors (Lipinski definition) is 1. The van der Waals surface area contributed by atoms with E-state index in [1.807, 2.05) is 0 Å². The molecule has 8 heteroatoms. The number of fused-ring (bicyclic) bond motifs is 1. The molecule has 0 spiro atoms. The van der Waals surface area contributed by atoms with Gasteiger partial charge in [-0.15, -0.1) is 0 Å². The zero-order chi connectivity index (χ0) is 17.0. The van der Waals surface area contributed by atoms with E-state index in [0.29, 0.717) is 5.75 Å². The second-order valence-corrected chi connectivity index (χ2v) is 4.84. The smallest absolute Gasteiger partial charge is 0.325 e.